The van der Waals surface area contributed by atoms with Gasteiger partial charge in [0.1, 0.15) is 5.15 Å². The van der Waals surface area contributed by atoms with E-state index in [0.717, 1.165) is 0 Å². The minimum absolute atomic E-state index is 0.0867. The second kappa shape index (κ2) is 4.41. The van der Waals surface area contributed by atoms with Crippen LogP contribution in [0.4, 0.5) is 8.78 Å². The zero-order chi connectivity index (χ0) is 11.6. The fourth-order valence-corrected chi connectivity index (χ4v) is 1.96. The van der Waals surface area contributed by atoms with Crippen molar-refractivity contribution in [1.29, 1.82) is 0 Å². The van der Waals surface area contributed by atoms with Gasteiger partial charge in [-0.25, -0.2) is 13.8 Å². The Morgan fingerprint density at radius 2 is 2.07 bits per heavy atom. The molecule has 0 bridgehead atoms. The van der Waals surface area contributed by atoms with Crippen LogP contribution in [0.25, 0.3) is 0 Å². The molecule has 15 heavy (non-hydrogen) atoms. The third-order valence-corrected chi connectivity index (χ3v) is 2.40. The quantitative estimate of drug-likeness (QED) is 0.817. The van der Waals surface area contributed by atoms with Crippen LogP contribution >= 0.6 is 11.6 Å². The lowest BCUT2D eigenvalue weighted by molar-refractivity contribution is -0.0115. The molecule has 1 aromatic heterocycles. The zero-order valence-electron chi connectivity index (χ0n) is 8.65. The maximum Gasteiger partial charge on any atom is 0.277 e. The molecule has 0 saturated carbocycles. The molecule has 1 heterocycles. The van der Waals surface area contributed by atoms with E-state index in [9.17, 15) is 8.78 Å². The number of pyridine rings is 1. The second-order valence-electron chi connectivity index (χ2n) is 3.49. The largest absolute Gasteiger partial charge is 0.330 e. The first-order valence-corrected chi connectivity index (χ1v) is 4.98. The number of rotatable bonds is 3. The Morgan fingerprint density at radius 1 is 1.47 bits per heavy atom. The van der Waals surface area contributed by atoms with Gasteiger partial charge in [0.15, 0.2) is 0 Å². The van der Waals surface area contributed by atoms with Crippen molar-refractivity contribution in [2.75, 3.05) is 6.54 Å². The van der Waals surface area contributed by atoms with Crippen molar-refractivity contribution >= 4 is 11.6 Å². The van der Waals surface area contributed by atoms with Gasteiger partial charge in [0.2, 0.25) is 0 Å². The lowest BCUT2D eigenvalue weighted by atomic mass is 10.0. The van der Waals surface area contributed by atoms with Crippen molar-refractivity contribution in [1.82, 2.24) is 4.98 Å². The highest BCUT2D eigenvalue weighted by atomic mass is 35.5. The summed E-state index contributed by atoms with van der Waals surface area (Å²) < 4.78 is 27.2. The van der Waals surface area contributed by atoms with Gasteiger partial charge in [-0.05, 0) is 32.0 Å². The molecule has 0 aliphatic heterocycles. The van der Waals surface area contributed by atoms with Crippen LogP contribution in [0.15, 0.2) is 6.07 Å². The summed E-state index contributed by atoms with van der Waals surface area (Å²) in [5, 5.41) is -0.133. The summed E-state index contributed by atoms with van der Waals surface area (Å²) in [5.41, 5.74) is 6.01. The van der Waals surface area contributed by atoms with Crippen LogP contribution in [0.5, 0.6) is 0 Å². The van der Waals surface area contributed by atoms with E-state index in [1.54, 1.807) is 19.9 Å². The molecular formula is C10H13ClF2N2. The highest BCUT2D eigenvalue weighted by Crippen LogP contribution is 2.37. The molecule has 0 spiro atoms. The summed E-state index contributed by atoms with van der Waals surface area (Å²) in [5.74, 6) is -3.00. The number of hydrogen-bond donors (Lipinski definition) is 1. The molecule has 0 unspecified atom stereocenters. The maximum atomic E-state index is 13.6. The predicted octanol–water partition coefficient (Wildman–Crippen LogP) is 2.79. The summed E-state index contributed by atoms with van der Waals surface area (Å²) in [6.07, 6.45) is -0.418. The lowest BCUT2D eigenvalue weighted by Gasteiger charge is -2.19. The average molecular weight is 235 g/mol. The molecule has 1 rings (SSSR count). The number of alkyl halides is 2. The van der Waals surface area contributed by atoms with E-state index in [2.05, 4.69) is 4.98 Å². The molecule has 0 atom stereocenters. The van der Waals surface area contributed by atoms with E-state index in [4.69, 9.17) is 17.3 Å². The Morgan fingerprint density at radius 3 is 2.53 bits per heavy atom. The van der Waals surface area contributed by atoms with E-state index >= 15 is 0 Å². The third kappa shape index (κ3) is 2.63. The van der Waals surface area contributed by atoms with Crippen LogP contribution < -0.4 is 5.73 Å². The monoisotopic (exact) mass is 234 g/mol. The molecule has 5 heteroatoms. The van der Waals surface area contributed by atoms with Crippen molar-refractivity contribution in [3.05, 3.63) is 28.0 Å². The van der Waals surface area contributed by atoms with Crippen LogP contribution in [-0.2, 0) is 5.92 Å². The van der Waals surface area contributed by atoms with Crippen molar-refractivity contribution in [3.8, 4) is 0 Å². The van der Waals surface area contributed by atoms with Gasteiger partial charge in [0.25, 0.3) is 5.92 Å². The fourth-order valence-electron chi connectivity index (χ4n) is 1.54. The van der Waals surface area contributed by atoms with E-state index in [1.807, 2.05) is 0 Å². The van der Waals surface area contributed by atoms with Gasteiger partial charge in [-0.1, -0.05) is 11.6 Å². The van der Waals surface area contributed by atoms with Crippen molar-refractivity contribution in [2.24, 2.45) is 5.73 Å². The number of nitrogens with zero attached hydrogens (tertiary/aromatic N) is 1. The standard InChI is InChI=1S/C10H13ClF2N2/c1-6-5-7(2)15-9(11)8(6)10(12,13)3-4-14/h5H,3-4,14H2,1-2H3. The van der Waals surface area contributed by atoms with Crippen molar-refractivity contribution in [3.63, 3.8) is 0 Å². The van der Waals surface area contributed by atoms with Crippen molar-refractivity contribution in [2.45, 2.75) is 26.2 Å². The normalized spacial score (nSPS) is 11.9. The van der Waals surface area contributed by atoms with Gasteiger partial charge in [0.05, 0.1) is 5.56 Å². The first kappa shape index (κ1) is 12.3. The Kier molecular flexibility index (Phi) is 3.62. The Balaban J connectivity index is 3.24. The van der Waals surface area contributed by atoms with Crippen LogP contribution in [0.2, 0.25) is 5.15 Å². The number of aryl methyl sites for hydroxylation is 2. The molecule has 2 N–H and O–H groups in total. The summed E-state index contributed by atoms with van der Waals surface area (Å²) in [7, 11) is 0. The summed E-state index contributed by atoms with van der Waals surface area (Å²) in [6.45, 7) is 3.22. The maximum absolute atomic E-state index is 13.6. The zero-order valence-corrected chi connectivity index (χ0v) is 9.41. The summed E-state index contributed by atoms with van der Waals surface area (Å²) >= 11 is 5.72. The van der Waals surface area contributed by atoms with Gasteiger partial charge in [-0.3, -0.25) is 0 Å². The van der Waals surface area contributed by atoms with Gasteiger partial charge in [-0.15, -0.1) is 0 Å². The predicted molar refractivity (Wildman–Crippen MR) is 56.3 cm³/mol. The molecular weight excluding hydrogens is 222 g/mol. The molecule has 1 aromatic rings. The molecule has 0 aromatic carbocycles. The third-order valence-electron chi connectivity index (χ3n) is 2.12. The fraction of sp³-hybridized carbons (Fsp3) is 0.500. The second-order valence-corrected chi connectivity index (χ2v) is 3.85. The Labute approximate surface area is 92.4 Å². The first-order valence-electron chi connectivity index (χ1n) is 4.60. The Hall–Kier alpha value is -0.740. The van der Waals surface area contributed by atoms with Crippen molar-refractivity contribution < 1.29 is 8.78 Å². The first-order chi connectivity index (χ1) is 6.88. The van der Waals surface area contributed by atoms with E-state index < -0.39 is 12.3 Å². The minimum Gasteiger partial charge on any atom is -0.330 e. The smallest absolute Gasteiger partial charge is 0.277 e. The van der Waals surface area contributed by atoms with Gasteiger partial charge in [-0.2, -0.15) is 0 Å². The Bertz CT molecular complexity index is 343. The molecule has 0 aliphatic rings. The topological polar surface area (TPSA) is 38.9 Å². The van der Waals surface area contributed by atoms with Gasteiger partial charge >= 0.3 is 0 Å². The highest BCUT2D eigenvalue weighted by Gasteiger charge is 2.35. The molecule has 84 valence electrons. The van der Waals surface area contributed by atoms with Crippen LogP contribution in [-0.4, -0.2) is 11.5 Å². The number of hydrogen-bond acceptors (Lipinski definition) is 2. The van der Waals surface area contributed by atoms with Gasteiger partial charge < -0.3 is 5.73 Å². The minimum atomic E-state index is -3.00. The highest BCUT2D eigenvalue weighted by molar-refractivity contribution is 6.30. The molecule has 2 nitrogen and oxygen atoms in total. The lowest BCUT2D eigenvalue weighted by Crippen LogP contribution is -2.21. The molecule has 0 saturated heterocycles. The molecule has 0 aliphatic carbocycles. The van der Waals surface area contributed by atoms with Crippen LogP contribution in [0.3, 0.4) is 0 Å². The summed E-state index contributed by atoms with van der Waals surface area (Å²) in [4.78, 5) is 3.83. The van der Waals surface area contributed by atoms with Crippen LogP contribution in [0.1, 0.15) is 23.2 Å². The number of aromatic nitrogens is 1. The average Bonchev–Trinajstić information content (AvgIpc) is 1.99. The number of nitrogens with two attached hydrogens (primary N) is 1. The molecule has 0 amide bonds. The van der Waals surface area contributed by atoms with Crippen LogP contribution in [0, 0.1) is 13.8 Å². The SMILES string of the molecule is Cc1cc(C)c(C(F)(F)CCN)c(Cl)n1. The van der Waals surface area contributed by atoms with E-state index in [1.165, 1.54) is 0 Å². The van der Waals surface area contributed by atoms with E-state index in [0.29, 0.717) is 11.3 Å². The number of halogens is 3. The summed E-state index contributed by atoms with van der Waals surface area (Å²) in [6, 6.07) is 1.59. The van der Waals surface area contributed by atoms with Gasteiger partial charge in [0, 0.05) is 12.1 Å². The molecule has 0 fully saturated rings. The molecule has 0 radical (unpaired) electrons. The van der Waals surface area contributed by atoms with E-state index in [-0.39, 0.29) is 17.3 Å².